The van der Waals surface area contributed by atoms with E-state index in [0.717, 1.165) is 6.42 Å². The number of hydrogen-bond acceptors (Lipinski definition) is 4. The normalized spacial score (nSPS) is 32.0. The predicted molar refractivity (Wildman–Crippen MR) is 72.9 cm³/mol. The molecule has 0 aromatic rings. The van der Waals surface area contributed by atoms with Gasteiger partial charge in [0.2, 0.25) is 5.91 Å². The molecule has 2 aliphatic carbocycles. The number of imide groups is 1. The van der Waals surface area contributed by atoms with Crippen molar-refractivity contribution in [3.8, 4) is 0 Å². The molecule has 5 heteroatoms. The lowest BCUT2D eigenvalue weighted by molar-refractivity contribution is -0.144. The molecule has 0 spiro atoms. The van der Waals surface area contributed by atoms with E-state index < -0.39 is 17.4 Å². The van der Waals surface area contributed by atoms with Gasteiger partial charge in [-0.25, -0.2) is 4.79 Å². The second kappa shape index (κ2) is 4.86. The van der Waals surface area contributed by atoms with Crippen molar-refractivity contribution in [3.63, 3.8) is 0 Å². The zero-order chi connectivity index (χ0) is 15.1. The highest BCUT2D eigenvalue weighted by atomic mass is 16.6. The summed E-state index contributed by atoms with van der Waals surface area (Å²) in [5.41, 5.74) is -1.43. The summed E-state index contributed by atoms with van der Waals surface area (Å²) in [6.07, 6.45) is 1.53. The summed E-state index contributed by atoms with van der Waals surface area (Å²) in [5.74, 6) is -0.278. The Morgan fingerprint density at radius 3 is 2.55 bits per heavy atom. The van der Waals surface area contributed by atoms with Crippen molar-refractivity contribution < 1.29 is 19.1 Å². The van der Waals surface area contributed by atoms with Gasteiger partial charge in [-0.05, 0) is 37.5 Å². The fraction of sp³-hybridized carbons (Fsp3) is 0.800. The largest absolute Gasteiger partial charge is 0.446 e. The van der Waals surface area contributed by atoms with Crippen LogP contribution in [0.15, 0.2) is 0 Å². The van der Waals surface area contributed by atoms with Crippen LogP contribution in [-0.2, 0) is 14.3 Å². The van der Waals surface area contributed by atoms with Crippen molar-refractivity contribution in [2.75, 3.05) is 0 Å². The van der Waals surface area contributed by atoms with Crippen molar-refractivity contribution in [1.82, 2.24) is 5.32 Å². The van der Waals surface area contributed by atoms with Crippen molar-refractivity contribution in [2.45, 2.75) is 59.5 Å². The van der Waals surface area contributed by atoms with Gasteiger partial charge >= 0.3 is 6.09 Å². The van der Waals surface area contributed by atoms with Gasteiger partial charge in [0.05, 0.1) is 0 Å². The minimum atomic E-state index is -1.05. The molecule has 0 aromatic carbocycles. The van der Waals surface area contributed by atoms with Gasteiger partial charge in [-0.2, -0.15) is 0 Å². The first-order valence-electron chi connectivity index (χ1n) is 7.31. The van der Waals surface area contributed by atoms with Crippen LogP contribution in [0, 0.1) is 16.7 Å². The highest BCUT2D eigenvalue weighted by molar-refractivity contribution is 6.12. The second-order valence-corrected chi connectivity index (χ2v) is 6.57. The molecule has 0 aliphatic heterocycles. The molecule has 2 bridgehead atoms. The van der Waals surface area contributed by atoms with Gasteiger partial charge in [0.15, 0.2) is 0 Å². The summed E-state index contributed by atoms with van der Waals surface area (Å²) in [6, 6.07) is 0. The summed E-state index contributed by atoms with van der Waals surface area (Å²) < 4.78 is 5.05. The monoisotopic (exact) mass is 281 g/mol. The Bertz CT molecular complexity index is 457. The minimum absolute atomic E-state index is 0.0346. The van der Waals surface area contributed by atoms with Gasteiger partial charge in [-0.1, -0.05) is 20.8 Å². The fourth-order valence-corrected chi connectivity index (χ4v) is 3.70. The number of ketones is 1. The van der Waals surface area contributed by atoms with E-state index in [9.17, 15) is 14.4 Å². The van der Waals surface area contributed by atoms with Crippen LogP contribution in [0.1, 0.15) is 53.4 Å². The molecular formula is C15H23NO4. The number of amides is 2. The van der Waals surface area contributed by atoms with Gasteiger partial charge in [0.25, 0.3) is 0 Å². The van der Waals surface area contributed by atoms with E-state index >= 15 is 0 Å². The second-order valence-electron chi connectivity index (χ2n) is 6.57. The Morgan fingerprint density at radius 1 is 1.45 bits per heavy atom. The lowest BCUT2D eigenvalue weighted by Gasteiger charge is -2.34. The summed E-state index contributed by atoms with van der Waals surface area (Å²) in [7, 11) is 0. The lowest BCUT2D eigenvalue weighted by Crippen LogP contribution is -2.51. The van der Waals surface area contributed by atoms with Crippen LogP contribution in [0.4, 0.5) is 4.79 Å². The molecule has 112 valence electrons. The van der Waals surface area contributed by atoms with E-state index in [1.165, 1.54) is 0 Å². The molecule has 0 radical (unpaired) electrons. The van der Waals surface area contributed by atoms with Gasteiger partial charge in [0.1, 0.15) is 17.3 Å². The molecule has 0 heterocycles. The van der Waals surface area contributed by atoms with E-state index in [1.807, 2.05) is 20.8 Å². The number of carbonyl (C=O) groups is 3. The Labute approximate surface area is 119 Å². The zero-order valence-corrected chi connectivity index (χ0v) is 12.6. The van der Waals surface area contributed by atoms with Gasteiger partial charge in [-0.3, -0.25) is 14.9 Å². The van der Waals surface area contributed by atoms with E-state index in [1.54, 1.807) is 6.92 Å². The van der Waals surface area contributed by atoms with E-state index in [0.29, 0.717) is 19.3 Å². The topological polar surface area (TPSA) is 72.5 Å². The molecule has 20 heavy (non-hydrogen) atoms. The smallest absolute Gasteiger partial charge is 0.414 e. The van der Waals surface area contributed by atoms with E-state index in [-0.39, 0.29) is 23.2 Å². The highest BCUT2D eigenvalue weighted by Gasteiger charge is 2.68. The molecule has 2 amide bonds. The number of ether oxygens (including phenoxy) is 1. The third kappa shape index (κ3) is 1.95. The number of rotatable bonds is 3. The molecule has 2 saturated carbocycles. The maximum Gasteiger partial charge on any atom is 0.414 e. The first-order chi connectivity index (χ1) is 9.25. The average Bonchev–Trinajstić information content (AvgIpc) is 2.72. The zero-order valence-electron chi connectivity index (χ0n) is 12.6. The molecular weight excluding hydrogens is 258 g/mol. The van der Waals surface area contributed by atoms with E-state index in [2.05, 4.69) is 5.32 Å². The Balaban J connectivity index is 2.12. The summed E-state index contributed by atoms with van der Waals surface area (Å²) >= 11 is 0. The lowest BCUT2D eigenvalue weighted by atomic mass is 9.68. The average molecular weight is 281 g/mol. The van der Waals surface area contributed by atoms with Crippen LogP contribution in [0.25, 0.3) is 0 Å². The number of alkyl carbamates (subject to hydrolysis) is 1. The summed E-state index contributed by atoms with van der Waals surface area (Å²) in [4.78, 5) is 36.5. The Morgan fingerprint density at radius 2 is 2.10 bits per heavy atom. The van der Waals surface area contributed by atoms with Crippen molar-refractivity contribution in [2.24, 2.45) is 16.7 Å². The van der Waals surface area contributed by atoms with Crippen molar-refractivity contribution in [1.29, 1.82) is 0 Å². The molecule has 0 saturated heterocycles. The van der Waals surface area contributed by atoms with Crippen LogP contribution in [0.2, 0.25) is 0 Å². The quantitative estimate of drug-likeness (QED) is 0.806. The van der Waals surface area contributed by atoms with E-state index in [4.69, 9.17) is 4.74 Å². The molecule has 5 nitrogen and oxygen atoms in total. The first-order valence-corrected chi connectivity index (χ1v) is 7.31. The van der Waals surface area contributed by atoms with Crippen LogP contribution in [0.5, 0.6) is 0 Å². The predicted octanol–water partition coefficient (Wildman–Crippen LogP) is 2.43. The van der Waals surface area contributed by atoms with Crippen molar-refractivity contribution >= 4 is 17.8 Å². The Hall–Kier alpha value is -1.39. The molecule has 1 unspecified atom stereocenters. The molecule has 1 N–H and O–H groups in total. The minimum Gasteiger partial charge on any atom is -0.446 e. The van der Waals surface area contributed by atoms with Gasteiger partial charge < -0.3 is 4.74 Å². The standard InChI is InChI=1S/C15H23NO4/c1-5-9(2)20-13(19)16-12(18)15-7-6-10(8-11(15)17)14(15,3)4/h9-10H,5-8H2,1-4H3,(H,16,18,19)/t9?,10-,15+/m1/s1. The van der Waals surface area contributed by atoms with Gasteiger partial charge in [0, 0.05) is 6.42 Å². The molecule has 2 fully saturated rings. The Kier molecular flexibility index (Phi) is 3.65. The number of hydrogen-bond donors (Lipinski definition) is 1. The number of fused-ring (bicyclic) bond motifs is 2. The third-order valence-corrected chi connectivity index (χ3v) is 5.38. The molecule has 0 aromatic heterocycles. The number of carbonyl (C=O) groups excluding carboxylic acids is 3. The third-order valence-electron chi connectivity index (χ3n) is 5.38. The maximum atomic E-state index is 12.5. The summed E-state index contributed by atoms with van der Waals surface area (Å²) in [6.45, 7) is 7.56. The molecule has 2 aliphatic rings. The van der Waals surface area contributed by atoms with Gasteiger partial charge in [-0.15, -0.1) is 0 Å². The first kappa shape index (κ1) is 15.0. The van der Waals surface area contributed by atoms with Crippen LogP contribution < -0.4 is 5.32 Å². The van der Waals surface area contributed by atoms with Crippen LogP contribution in [0.3, 0.4) is 0 Å². The van der Waals surface area contributed by atoms with Crippen LogP contribution >= 0.6 is 0 Å². The molecule has 2 rings (SSSR count). The summed E-state index contributed by atoms with van der Waals surface area (Å²) in [5, 5.41) is 2.27. The highest BCUT2D eigenvalue weighted by Crippen LogP contribution is 2.63. The molecule has 3 atom stereocenters. The van der Waals surface area contributed by atoms with Crippen molar-refractivity contribution in [3.05, 3.63) is 0 Å². The van der Waals surface area contributed by atoms with Crippen LogP contribution in [-0.4, -0.2) is 23.9 Å². The fourth-order valence-electron chi connectivity index (χ4n) is 3.70. The number of Topliss-reactive ketones (excluding diaryl/α,β-unsaturated/α-hetero) is 1. The maximum absolute atomic E-state index is 12.5. The number of nitrogens with one attached hydrogen (secondary N) is 1. The SMILES string of the molecule is CCC(C)OC(=O)NC(=O)[C@]12CC[C@H](CC1=O)C2(C)C.